The number of hydrogen-bond donors (Lipinski definition) is 1. The number of ether oxygens (including phenoxy) is 2. The lowest BCUT2D eigenvalue weighted by Crippen LogP contribution is -2.01. The van der Waals surface area contributed by atoms with E-state index in [1.54, 1.807) is 19.2 Å². The minimum Gasteiger partial charge on any atom is -0.497 e. The van der Waals surface area contributed by atoms with E-state index in [9.17, 15) is 4.39 Å². The number of rotatable bonds is 6. The van der Waals surface area contributed by atoms with Crippen LogP contribution in [-0.2, 0) is 13.2 Å². The number of methoxy groups -OCH3 is 1. The maximum atomic E-state index is 14.4. The highest BCUT2D eigenvalue weighted by Gasteiger charge is 2.13. The zero-order valence-corrected chi connectivity index (χ0v) is 15.3. The van der Waals surface area contributed by atoms with Gasteiger partial charge >= 0.3 is 0 Å². The summed E-state index contributed by atoms with van der Waals surface area (Å²) in [4.78, 5) is 0. The van der Waals surface area contributed by atoms with Gasteiger partial charge in [0.05, 0.1) is 7.11 Å². The van der Waals surface area contributed by atoms with Gasteiger partial charge in [0, 0.05) is 17.7 Å². The largest absolute Gasteiger partial charge is 0.497 e. The summed E-state index contributed by atoms with van der Waals surface area (Å²) < 4.78 is 25.6. The van der Waals surface area contributed by atoms with Gasteiger partial charge in [-0.2, -0.15) is 0 Å². The molecule has 0 aliphatic carbocycles. The molecule has 3 nitrogen and oxygen atoms in total. The van der Waals surface area contributed by atoms with Gasteiger partial charge in [-0.1, -0.05) is 42.5 Å². The van der Waals surface area contributed by atoms with E-state index in [1.165, 1.54) is 6.07 Å². The van der Waals surface area contributed by atoms with Gasteiger partial charge in [0.25, 0.3) is 0 Å². The van der Waals surface area contributed by atoms with E-state index in [1.807, 2.05) is 48.5 Å². The Hall–Kier alpha value is -2.56. The van der Waals surface area contributed by atoms with Crippen LogP contribution in [0.1, 0.15) is 11.1 Å². The standard InChI is InChI=1S/C21H20FNO2.ClH/c1-24-17-8-10-20(22)19(12-17)18-9-7-16(13-23)11-21(18)25-14-15-5-3-2-4-6-15;/h2-12H,13-14,23H2,1H3;1H. The third-order valence-corrected chi connectivity index (χ3v) is 3.98. The molecule has 0 fully saturated rings. The number of halogens is 2. The number of nitrogens with two attached hydrogens (primary N) is 1. The summed E-state index contributed by atoms with van der Waals surface area (Å²) in [5, 5.41) is 0. The van der Waals surface area contributed by atoms with E-state index in [-0.39, 0.29) is 18.2 Å². The summed E-state index contributed by atoms with van der Waals surface area (Å²) >= 11 is 0. The number of benzene rings is 3. The van der Waals surface area contributed by atoms with E-state index < -0.39 is 0 Å². The quantitative estimate of drug-likeness (QED) is 0.664. The number of hydrogen-bond acceptors (Lipinski definition) is 3. The minimum absolute atomic E-state index is 0. The van der Waals surface area contributed by atoms with Crippen LogP contribution in [0.25, 0.3) is 11.1 Å². The van der Waals surface area contributed by atoms with Crippen molar-refractivity contribution in [1.82, 2.24) is 0 Å². The van der Waals surface area contributed by atoms with Gasteiger partial charge < -0.3 is 15.2 Å². The van der Waals surface area contributed by atoms with Gasteiger partial charge in [-0.15, -0.1) is 12.4 Å². The summed E-state index contributed by atoms with van der Waals surface area (Å²) in [5.41, 5.74) is 8.81. The van der Waals surface area contributed by atoms with Crippen molar-refractivity contribution in [2.45, 2.75) is 13.2 Å². The molecule has 0 unspecified atom stereocenters. The predicted molar refractivity (Wildman–Crippen MR) is 104 cm³/mol. The van der Waals surface area contributed by atoms with E-state index >= 15 is 0 Å². The van der Waals surface area contributed by atoms with Gasteiger partial charge in [-0.3, -0.25) is 0 Å². The molecule has 5 heteroatoms. The lowest BCUT2D eigenvalue weighted by Gasteiger charge is -2.15. The summed E-state index contributed by atoms with van der Waals surface area (Å²) in [6, 6.07) is 20.1. The first-order valence-corrected chi connectivity index (χ1v) is 8.05. The zero-order chi connectivity index (χ0) is 17.6. The van der Waals surface area contributed by atoms with Gasteiger partial charge in [0.15, 0.2) is 0 Å². The van der Waals surface area contributed by atoms with Crippen molar-refractivity contribution in [2.24, 2.45) is 5.73 Å². The molecule has 0 aromatic heterocycles. The Bertz CT molecular complexity index is 856. The molecule has 3 aromatic rings. The molecule has 3 aromatic carbocycles. The summed E-state index contributed by atoms with van der Waals surface area (Å²) in [6.45, 7) is 0.788. The fourth-order valence-electron chi connectivity index (χ4n) is 2.61. The van der Waals surface area contributed by atoms with Crippen LogP contribution in [0.4, 0.5) is 4.39 Å². The molecule has 0 radical (unpaired) electrons. The van der Waals surface area contributed by atoms with Crippen molar-refractivity contribution in [1.29, 1.82) is 0 Å². The highest BCUT2D eigenvalue weighted by molar-refractivity contribution is 5.85. The zero-order valence-electron chi connectivity index (χ0n) is 14.4. The molecule has 0 aliphatic rings. The molecule has 26 heavy (non-hydrogen) atoms. The Morgan fingerprint density at radius 3 is 2.35 bits per heavy atom. The normalized spacial score (nSPS) is 10.1. The Morgan fingerprint density at radius 2 is 1.65 bits per heavy atom. The second-order valence-corrected chi connectivity index (χ2v) is 5.65. The van der Waals surface area contributed by atoms with E-state index in [0.29, 0.717) is 35.8 Å². The molecule has 0 amide bonds. The molecule has 0 saturated heterocycles. The highest BCUT2D eigenvalue weighted by Crippen LogP contribution is 2.35. The molecule has 136 valence electrons. The van der Waals surface area contributed by atoms with Crippen LogP contribution in [0, 0.1) is 5.82 Å². The maximum absolute atomic E-state index is 14.4. The Labute approximate surface area is 159 Å². The fourth-order valence-corrected chi connectivity index (χ4v) is 2.61. The third-order valence-electron chi connectivity index (χ3n) is 3.98. The van der Waals surface area contributed by atoms with Crippen LogP contribution >= 0.6 is 12.4 Å². The summed E-state index contributed by atoms with van der Waals surface area (Å²) in [6.07, 6.45) is 0. The van der Waals surface area contributed by atoms with Crippen LogP contribution in [0.5, 0.6) is 11.5 Å². The van der Waals surface area contributed by atoms with Crippen molar-refractivity contribution in [3.63, 3.8) is 0 Å². The predicted octanol–water partition coefficient (Wildman–Crippen LogP) is 4.96. The van der Waals surface area contributed by atoms with Crippen molar-refractivity contribution in [3.05, 3.63) is 83.7 Å². The minimum atomic E-state index is -0.328. The highest BCUT2D eigenvalue weighted by atomic mass is 35.5. The molecule has 2 N–H and O–H groups in total. The topological polar surface area (TPSA) is 44.5 Å². The maximum Gasteiger partial charge on any atom is 0.131 e. The molecule has 0 heterocycles. The average Bonchev–Trinajstić information content (AvgIpc) is 2.67. The van der Waals surface area contributed by atoms with E-state index in [0.717, 1.165) is 11.1 Å². The van der Waals surface area contributed by atoms with Crippen LogP contribution in [0.15, 0.2) is 66.7 Å². The van der Waals surface area contributed by atoms with Crippen molar-refractivity contribution >= 4 is 12.4 Å². The average molecular weight is 374 g/mol. The molecule has 0 spiro atoms. The van der Waals surface area contributed by atoms with Gasteiger partial charge in [0.1, 0.15) is 23.9 Å². The molecule has 0 bridgehead atoms. The van der Waals surface area contributed by atoms with Crippen LogP contribution < -0.4 is 15.2 Å². The van der Waals surface area contributed by atoms with E-state index in [2.05, 4.69) is 0 Å². The lowest BCUT2D eigenvalue weighted by atomic mass is 10.0. The smallest absolute Gasteiger partial charge is 0.131 e. The fraction of sp³-hybridized carbons (Fsp3) is 0.143. The molecular formula is C21H21ClFNO2. The monoisotopic (exact) mass is 373 g/mol. The lowest BCUT2D eigenvalue weighted by molar-refractivity contribution is 0.307. The third kappa shape index (κ3) is 4.54. The molecule has 0 atom stereocenters. The first-order valence-electron chi connectivity index (χ1n) is 8.05. The first kappa shape index (κ1) is 19.8. The van der Waals surface area contributed by atoms with Gasteiger partial charge in [-0.25, -0.2) is 4.39 Å². The second-order valence-electron chi connectivity index (χ2n) is 5.65. The molecule has 0 saturated carbocycles. The SMILES string of the molecule is COc1ccc(F)c(-c2ccc(CN)cc2OCc2ccccc2)c1.Cl. The summed E-state index contributed by atoms with van der Waals surface area (Å²) in [7, 11) is 1.56. The molecule has 3 rings (SSSR count). The van der Waals surface area contributed by atoms with Gasteiger partial charge in [0.2, 0.25) is 0 Å². The summed E-state index contributed by atoms with van der Waals surface area (Å²) in [5.74, 6) is 0.859. The van der Waals surface area contributed by atoms with Crippen molar-refractivity contribution in [3.8, 4) is 22.6 Å². The van der Waals surface area contributed by atoms with Crippen LogP contribution in [-0.4, -0.2) is 7.11 Å². The Balaban J connectivity index is 0.00000243. The molecular weight excluding hydrogens is 353 g/mol. The first-order chi connectivity index (χ1) is 12.2. The Morgan fingerprint density at radius 1 is 0.885 bits per heavy atom. The van der Waals surface area contributed by atoms with Crippen LogP contribution in [0.2, 0.25) is 0 Å². The van der Waals surface area contributed by atoms with Crippen molar-refractivity contribution < 1.29 is 13.9 Å². The van der Waals surface area contributed by atoms with E-state index in [4.69, 9.17) is 15.2 Å². The van der Waals surface area contributed by atoms with Gasteiger partial charge in [-0.05, 0) is 35.4 Å². The van der Waals surface area contributed by atoms with Crippen molar-refractivity contribution in [2.75, 3.05) is 7.11 Å². The van der Waals surface area contributed by atoms with Crippen LogP contribution in [0.3, 0.4) is 0 Å². The molecule has 0 aliphatic heterocycles. The Kier molecular flexibility index (Phi) is 7.01. The second kappa shape index (κ2) is 9.22.